The van der Waals surface area contributed by atoms with Crippen molar-refractivity contribution >= 4 is 53.2 Å². The van der Waals surface area contributed by atoms with E-state index in [0.29, 0.717) is 0 Å². The van der Waals surface area contributed by atoms with Gasteiger partial charge in [0.15, 0.2) is 0 Å². The molecule has 0 fully saturated rings. The van der Waals surface area contributed by atoms with Crippen LogP contribution < -0.4 is 10.6 Å². The maximum absolute atomic E-state index is 12.9. The maximum atomic E-state index is 12.9. The van der Waals surface area contributed by atoms with Crippen molar-refractivity contribution in [2.45, 2.75) is 32.4 Å². The van der Waals surface area contributed by atoms with Crippen LogP contribution in [0.2, 0.25) is 0 Å². The Bertz CT molecular complexity index is 1130. The minimum absolute atomic E-state index is 0. The summed E-state index contributed by atoms with van der Waals surface area (Å²) in [5.74, 6) is -3.98. The monoisotopic (exact) mass is 489 g/mol. The predicted molar refractivity (Wildman–Crippen MR) is 132 cm³/mol. The van der Waals surface area contributed by atoms with Gasteiger partial charge in [-0.3, -0.25) is 19.2 Å². The number of amides is 3. The Morgan fingerprint density at radius 2 is 1.57 bits per heavy atom. The molecule has 0 aromatic heterocycles. The first kappa shape index (κ1) is 28.1. The molecule has 0 bridgehead atoms. The van der Waals surface area contributed by atoms with E-state index in [9.17, 15) is 24.3 Å². The molecule has 35 heavy (non-hydrogen) atoms. The molecule has 3 rings (SSSR count). The van der Waals surface area contributed by atoms with E-state index in [0.717, 1.165) is 16.7 Å². The summed E-state index contributed by atoms with van der Waals surface area (Å²) < 4.78 is 0. The second-order valence-electron chi connectivity index (χ2n) is 8.62. The molecule has 0 aliphatic carbocycles. The van der Waals surface area contributed by atoms with Crippen LogP contribution in [0.3, 0.4) is 0 Å². The second-order valence-corrected chi connectivity index (χ2v) is 8.62. The van der Waals surface area contributed by atoms with Gasteiger partial charge in [0.25, 0.3) is 11.8 Å². The number of hydrogen-bond donors (Lipinski definition) is 4. The molecule has 0 atom stereocenters. The number of carboxylic acid groups (broad SMARTS) is 1. The summed E-state index contributed by atoms with van der Waals surface area (Å²) in [4.78, 5) is 49.7. The summed E-state index contributed by atoms with van der Waals surface area (Å²) in [7, 11) is 0. The van der Waals surface area contributed by atoms with Crippen molar-refractivity contribution in [1.29, 1.82) is 0 Å². The molecular formula is C25H28N3NaO6. The Morgan fingerprint density at radius 3 is 2.17 bits per heavy atom. The van der Waals surface area contributed by atoms with Crippen LogP contribution in [0.15, 0.2) is 65.9 Å². The molecule has 1 heterocycles. The van der Waals surface area contributed by atoms with E-state index < -0.39 is 47.1 Å². The van der Waals surface area contributed by atoms with Gasteiger partial charge in [0.05, 0.1) is 0 Å². The molecule has 10 heteroatoms. The molecule has 2 aromatic carbocycles. The molecule has 2 aromatic rings. The zero-order valence-electron chi connectivity index (χ0n) is 19.0. The van der Waals surface area contributed by atoms with E-state index in [-0.39, 0.29) is 49.1 Å². The fraction of sp³-hybridized carbons (Fsp3) is 0.280. The number of carboxylic acids is 1. The number of carbonyl (C=O) groups is 4. The summed E-state index contributed by atoms with van der Waals surface area (Å²) in [5, 5.41) is 23.8. The first-order chi connectivity index (χ1) is 16.1. The number of aliphatic carboxylic acids is 1. The van der Waals surface area contributed by atoms with Crippen molar-refractivity contribution in [3.8, 4) is 11.1 Å². The van der Waals surface area contributed by atoms with Crippen LogP contribution in [0, 0.1) is 0 Å². The topological polar surface area (TPSA) is 136 Å². The third-order valence-corrected chi connectivity index (χ3v) is 5.56. The predicted octanol–water partition coefficient (Wildman–Crippen LogP) is 1.35. The van der Waals surface area contributed by atoms with Crippen LogP contribution in [-0.4, -0.2) is 87.0 Å². The number of nitrogens with zero attached hydrogens (tertiary/aromatic N) is 1. The number of carbonyl (C=O) groups excluding carboxylic acids is 3. The fourth-order valence-electron chi connectivity index (χ4n) is 3.73. The molecule has 1 aliphatic rings. The van der Waals surface area contributed by atoms with Gasteiger partial charge in [0.1, 0.15) is 24.4 Å². The van der Waals surface area contributed by atoms with Crippen LogP contribution in [0.25, 0.3) is 11.1 Å². The van der Waals surface area contributed by atoms with Gasteiger partial charge >= 0.3 is 35.5 Å². The number of nitrogens with one attached hydrogen (secondary N) is 2. The summed E-state index contributed by atoms with van der Waals surface area (Å²) in [6.07, 6.45) is -0.0528. The first-order valence-electron chi connectivity index (χ1n) is 10.7. The number of aliphatic hydroxyl groups excluding tert-OH is 1. The average Bonchev–Trinajstić information content (AvgIpc) is 2.79. The van der Waals surface area contributed by atoms with Gasteiger partial charge in [-0.2, -0.15) is 0 Å². The van der Waals surface area contributed by atoms with E-state index in [2.05, 4.69) is 10.6 Å². The van der Waals surface area contributed by atoms with Crippen LogP contribution in [0.1, 0.15) is 25.8 Å². The van der Waals surface area contributed by atoms with Crippen molar-refractivity contribution in [1.82, 2.24) is 15.5 Å². The molecule has 9 nitrogen and oxygen atoms in total. The molecule has 1 aliphatic heterocycles. The van der Waals surface area contributed by atoms with Gasteiger partial charge in [0.2, 0.25) is 5.91 Å². The van der Waals surface area contributed by atoms with Gasteiger partial charge in [-0.05, 0) is 30.5 Å². The number of hydrogen-bond acceptors (Lipinski definition) is 5. The van der Waals surface area contributed by atoms with E-state index in [1.807, 2.05) is 54.6 Å². The zero-order valence-corrected chi connectivity index (χ0v) is 19.0. The van der Waals surface area contributed by atoms with Crippen molar-refractivity contribution < 1.29 is 29.4 Å². The minimum atomic E-state index is -1.29. The Morgan fingerprint density at radius 1 is 0.971 bits per heavy atom. The molecule has 0 saturated heterocycles. The normalized spacial score (nSPS) is 14.7. The fourth-order valence-corrected chi connectivity index (χ4v) is 3.73. The third kappa shape index (κ3) is 7.17. The zero-order chi connectivity index (χ0) is 24.9. The van der Waals surface area contributed by atoms with Gasteiger partial charge in [-0.25, -0.2) is 0 Å². The second kappa shape index (κ2) is 12.0. The quantitative estimate of drug-likeness (QED) is 0.326. The summed E-state index contributed by atoms with van der Waals surface area (Å²) in [5.41, 5.74) is 1.54. The molecule has 0 saturated carbocycles. The number of aliphatic hydroxyl groups is 1. The summed E-state index contributed by atoms with van der Waals surface area (Å²) >= 11 is 0. The summed E-state index contributed by atoms with van der Waals surface area (Å²) in [6.45, 7) is 2.57. The third-order valence-electron chi connectivity index (χ3n) is 5.56. The van der Waals surface area contributed by atoms with Crippen LogP contribution in [0.5, 0.6) is 0 Å². The van der Waals surface area contributed by atoms with Crippen LogP contribution in [0.4, 0.5) is 0 Å². The van der Waals surface area contributed by atoms with Crippen LogP contribution in [-0.2, 0) is 25.7 Å². The van der Waals surface area contributed by atoms with Gasteiger partial charge < -0.3 is 25.7 Å². The Labute approximate surface area is 225 Å². The molecule has 0 spiro atoms. The van der Waals surface area contributed by atoms with Crippen molar-refractivity contribution in [2.75, 3.05) is 13.1 Å². The Balaban J connectivity index is 0.00000432. The van der Waals surface area contributed by atoms with Crippen molar-refractivity contribution in [2.24, 2.45) is 0 Å². The molecular weight excluding hydrogens is 461 g/mol. The van der Waals surface area contributed by atoms with E-state index in [1.54, 1.807) is 13.8 Å². The van der Waals surface area contributed by atoms with E-state index in [4.69, 9.17) is 5.11 Å². The number of rotatable bonds is 8. The Hall–Kier alpha value is -3.14. The van der Waals surface area contributed by atoms with Crippen LogP contribution >= 0.6 is 0 Å². The number of benzene rings is 2. The first-order valence-corrected chi connectivity index (χ1v) is 10.7. The molecule has 3 amide bonds. The molecule has 4 N–H and O–H groups in total. The molecule has 0 radical (unpaired) electrons. The average molecular weight is 490 g/mol. The van der Waals surface area contributed by atoms with E-state index >= 15 is 0 Å². The van der Waals surface area contributed by atoms with Crippen molar-refractivity contribution in [3.63, 3.8) is 0 Å². The summed E-state index contributed by atoms with van der Waals surface area (Å²) in [6, 6.07) is 17.6. The van der Waals surface area contributed by atoms with Gasteiger partial charge in [0, 0.05) is 18.5 Å². The standard InChI is InChI=1S/C25H27N3O6.Na.H/c1-25(2)12-19(29)22(23(33)27-14-21(31)32)24(34)28(25)15-20(30)26-13-16-8-10-18(11-9-16)17-6-4-3-5-7-17;;/h3-11,29H,12-15H2,1-2H3,(H,26,30)(H,27,33)(H,31,32);;. The van der Waals surface area contributed by atoms with Gasteiger partial charge in [-0.1, -0.05) is 54.6 Å². The Kier molecular flexibility index (Phi) is 9.64. The molecule has 0 unspecified atom stereocenters. The van der Waals surface area contributed by atoms with E-state index in [1.165, 1.54) is 4.90 Å². The SMILES string of the molecule is CC1(C)CC(O)=C(C(=O)NCC(=O)O)C(=O)N1CC(=O)NCc1ccc(-c2ccccc2)cc1.[NaH]. The van der Waals surface area contributed by atoms with Gasteiger partial charge in [-0.15, -0.1) is 0 Å². The molecule has 180 valence electrons. The van der Waals surface area contributed by atoms with Crippen molar-refractivity contribution in [3.05, 3.63) is 71.5 Å².